The van der Waals surface area contributed by atoms with Crippen molar-refractivity contribution in [1.29, 1.82) is 0 Å². The number of allylic oxidation sites excluding steroid dienone is 1. The molecule has 0 heterocycles. The maximum absolute atomic E-state index is 12.1. The molecule has 0 bridgehead atoms. The average Bonchev–Trinajstić information content (AvgIpc) is 3.01. The van der Waals surface area contributed by atoms with E-state index in [-0.39, 0.29) is 12.0 Å². The smallest absolute Gasteiger partial charge is 0.266 e. The molecule has 0 unspecified atom stereocenters. The normalized spacial score (nSPS) is 14.2. The first kappa shape index (κ1) is 29.3. The van der Waals surface area contributed by atoms with Crippen LogP contribution in [0, 0.1) is 0 Å². The Bertz CT molecular complexity index is 1250. The van der Waals surface area contributed by atoms with Crippen LogP contribution in [0.5, 0.6) is 0 Å². The van der Waals surface area contributed by atoms with E-state index in [0.29, 0.717) is 6.42 Å². The van der Waals surface area contributed by atoms with Gasteiger partial charge in [0.2, 0.25) is 17.3 Å². The molecule has 6 heteroatoms. The molecule has 0 spiro atoms. The van der Waals surface area contributed by atoms with Crippen LogP contribution in [-0.2, 0) is 9.59 Å². The Labute approximate surface area is 237 Å². The third-order valence-corrected chi connectivity index (χ3v) is 12.2. The van der Waals surface area contributed by atoms with Crippen LogP contribution in [0.4, 0.5) is 0 Å². The van der Waals surface area contributed by atoms with E-state index in [4.69, 9.17) is 0 Å². The molecule has 3 aromatic carbocycles. The lowest BCUT2D eigenvalue weighted by atomic mass is 9.93. The van der Waals surface area contributed by atoms with Crippen molar-refractivity contribution in [2.75, 3.05) is 6.16 Å². The number of benzene rings is 3. The fourth-order valence-electron chi connectivity index (χ4n) is 5.54. The molecule has 1 aliphatic carbocycles. The van der Waals surface area contributed by atoms with Gasteiger partial charge in [-0.25, -0.2) is 0 Å². The zero-order valence-electron chi connectivity index (χ0n) is 22.8. The fraction of sp³-hybridized carbons (Fsp3) is 0.294. The highest BCUT2D eigenvalue weighted by Crippen LogP contribution is 2.56. The summed E-state index contributed by atoms with van der Waals surface area (Å²) >= 11 is 0. The predicted octanol–water partition coefficient (Wildman–Crippen LogP) is 6.78. The number of hydrogen-bond donors (Lipinski definition) is 3. The van der Waals surface area contributed by atoms with Crippen LogP contribution in [0.2, 0.25) is 0 Å². The molecule has 0 atom stereocenters. The van der Waals surface area contributed by atoms with E-state index in [2.05, 4.69) is 91.0 Å². The molecule has 0 amide bonds. The van der Waals surface area contributed by atoms with Gasteiger partial charge >= 0.3 is 0 Å². The summed E-state index contributed by atoms with van der Waals surface area (Å²) in [6.45, 7) is 0. The van der Waals surface area contributed by atoms with Crippen molar-refractivity contribution in [3.63, 3.8) is 0 Å². The van der Waals surface area contributed by atoms with Gasteiger partial charge in [-0.15, -0.1) is 0 Å². The van der Waals surface area contributed by atoms with Crippen molar-refractivity contribution in [2.24, 2.45) is 0 Å². The molecule has 40 heavy (non-hydrogen) atoms. The van der Waals surface area contributed by atoms with Gasteiger partial charge in [-0.05, 0) is 62.1 Å². The second-order valence-corrected chi connectivity index (χ2v) is 13.9. The number of carbonyl (C=O) groups is 2. The molecule has 0 fully saturated rings. The predicted molar refractivity (Wildman–Crippen MR) is 164 cm³/mol. The zero-order chi connectivity index (χ0) is 28.4. The van der Waals surface area contributed by atoms with Gasteiger partial charge in [0.25, 0.3) is 5.78 Å². The first-order chi connectivity index (χ1) is 19.5. The summed E-state index contributed by atoms with van der Waals surface area (Å²) in [6.07, 6.45) is 9.53. The van der Waals surface area contributed by atoms with E-state index in [0.717, 1.165) is 44.7 Å². The summed E-state index contributed by atoms with van der Waals surface area (Å²) in [5.74, 6) is -4.76. The highest BCUT2D eigenvalue weighted by atomic mass is 31.2. The van der Waals surface area contributed by atoms with Crippen molar-refractivity contribution >= 4 is 34.7 Å². The lowest BCUT2D eigenvalue weighted by molar-refractivity contribution is -0.122. The van der Waals surface area contributed by atoms with E-state index in [9.17, 15) is 24.9 Å². The summed E-state index contributed by atoms with van der Waals surface area (Å²) in [6, 6.07) is 32.9. The SMILES string of the molecule is O=C1C(O)=C(O)C(=O)C(CCCCCCCCCC[P+](c2ccccc2)(c2ccccc2)c2ccccc2)=C1O. The second-order valence-electron chi connectivity index (χ2n) is 10.3. The molecular weight excluding hydrogens is 519 g/mol. The third kappa shape index (κ3) is 6.54. The lowest BCUT2D eigenvalue weighted by Gasteiger charge is -2.27. The standard InChI is InChI=1S/C34H37O5P/c35-30-29(31(36)33(38)34(39)32(30)37)24-16-5-3-1-2-4-6-17-25-40(26-18-10-7-11-19-26,27-20-12-8-13-21-27)28-22-14-9-15-23-28/h7-15,18-23H,1-6,16-17,24-25H2,(H2-,35,36,37,38,39)/p+1. The topological polar surface area (TPSA) is 94.8 Å². The van der Waals surface area contributed by atoms with Crippen LogP contribution in [0.3, 0.4) is 0 Å². The maximum atomic E-state index is 12.1. The number of hydrogen-bond acceptors (Lipinski definition) is 5. The van der Waals surface area contributed by atoms with Gasteiger partial charge in [0, 0.05) is 5.57 Å². The average molecular weight is 558 g/mol. The Balaban J connectivity index is 1.27. The summed E-state index contributed by atoms with van der Waals surface area (Å²) in [5.41, 5.74) is -0.109. The zero-order valence-corrected chi connectivity index (χ0v) is 23.7. The number of ketones is 2. The fourth-order valence-corrected chi connectivity index (χ4v) is 9.95. The molecule has 0 aromatic heterocycles. The molecule has 3 aromatic rings. The molecule has 1 aliphatic rings. The van der Waals surface area contributed by atoms with Gasteiger partial charge in [0.15, 0.2) is 5.76 Å². The van der Waals surface area contributed by atoms with Gasteiger partial charge in [0.1, 0.15) is 23.2 Å². The van der Waals surface area contributed by atoms with Crippen LogP contribution in [0.1, 0.15) is 57.8 Å². The Morgan fingerprint density at radius 2 is 0.825 bits per heavy atom. The minimum atomic E-state index is -1.77. The van der Waals surface area contributed by atoms with Crippen molar-refractivity contribution in [2.45, 2.75) is 57.8 Å². The molecule has 208 valence electrons. The van der Waals surface area contributed by atoms with Crippen molar-refractivity contribution in [3.8, 4) is 0 Å². The first-order valence-corrected chi connectivity index (χ1v) is 16.1. The monoisotopic (exact) mass is 557 g/mol. The number of aliphatic hydroxyl groups is 3. The highest BCUT2D eigenvalue weighted by molar-refractivity contribution is 7.95. The molecule has 3 N–H and O–H groups in total. The quantitative estimate of drug-likeness (QED) is 0.115. The van der Waals surface area contributed by atoms with Gasteiger partial charge in [-0.1, -0.05) is 86.7 Å². The van der Waals surface area contributed by atoms with Crippen LogP contribution in [-0.4, -0.2) is 33.0 Å². The molecule has 0 saturated carbocycles. The number of aliphatic hydroxyl groups excluding tert-OH is 3. The minimum absolute atomic E-state index is 0.109. The van der Waals surface area contributed by atoms with Crippen molar-refractivity contribution < 1.29 is 24.9 Å². The first-order valence-electron chi connectivity index (χ1n) is 14.2. The van der Waals surface area contributed by atoms with Crippen LogP contribution in [0.15, 0.2) is 114 Å². The Kier molecular flexibility index (Phi) is 10.3. The summed E-state index contributed by atoms with van der Waals surface area (Å²) in [7, 11) is -1.77. The van der Waals surface area contributed by atoms with Gasteiger partial charge in [-0.3, -0.25) is 9.59 Å². The van der Waals surface area contributed by atoms with Crippen molar-refractivity contribution in [1.82, 2.24) is 0 Å². The third-order valence-electron chi connectivity index (χ3n) is 7.69. The molecule has 0 saturated heterocycles. The number of Topliss-reactive ketones (excluding diaryl/α,β-unsaturated/α-hetero) is 2. The van der Waals surface area contributed by atoms with E-state index in [1.807, 2.05) is 0 Å². The molecule has 0 aliphatic heterocycles. The Morgan fingerprint density at radius 1 is 0.450 bits per heavy atom. The number of carbonyl (C=O) groups excluding carboxylic acids is 2. The molecular formula is C34H38O5P+. The Morgan fingerprint density at radius 3 is 1.27 bits per heavy atom. The Hall–Kier alpha value is -3.69. The van der Waals surface area contributed by atoms with Gasteiger partial charge in [-0.2, -0.15) is 0 Å². The van der Waals surface area contributed by atoms with Crippen molar-refractivity contribution in [3.05, 3.63) is 114 Å². The van der Waals surface area contributed by atoms with E-state index in [1.165, 1.54) is 22.3 Å². The van der Waals surface area contributed by atoms with Crippen LogP contribution < -0.4 is 15.9 Å². The van der Waals surface area contributed by atoms with E-state index < -0.39 is 36.1 Å². The minimum Gasteiger partial charge on any atom is -0.504 e. The summed E-state index contributed by atoms with van der Waals surface area (Å²) < 4.78 is 0. The highest BCUT2D eigenvalue weighted by Gasteiger charge is 2.44. The van der Waals surface area contributed by atoms with Gasteiger partial charge in [0.05, 0.1) is 6.16 Å². The summed E-state index contributed by atoms with van der Waals surface area (Å²) in [4.78, 5) is 23.8. The van der Waals surface area contributed by atoms with Gasteiger partial charge < -0.3 is 15.3 Å². The maximum Gasteiger partial charge on any atom is 0.266 e. The lowest BCUT2D eigenvalue weighted by Crippen LogP contribution is -2.33. The number of rotatable bonds is 14. The number of unbranched alkanes of at least 4 members (excludes halogenated alkanes) is 7. The molecule has 0 radical (unpaired) electrons. The molecule has 4 rings (SSSR count). The summed E-state index contributed by atoms with van der Waals surface area (Å²) in [5, 5.41) is 33.2. The largest absolute Gasteiger partial charge is 0.504 e. The van der Waals surface area contributed by atoms with Crippen LogP contribution >= 0.6 is 7.26 Å². The molecule has 5 nitrogen and oxygen atoms in total. The van der Waals surface area contributed by atoms with Crippen LogP contribution in [0.25, 0.3) is 0 Å². The second kappa shape index (κ2) is 14.1. The van der Waals surface area contributed by atoms with E-state index >= 15 is 0 Å². The van der Waals surface area contributed by atoms with E-state index in [1.54, 1.807) is 0 Å².